The second kappa shape index (κ2) is 7.02. The van der Waals surface area contributed by atoms with E-state index in [9.17, 15) is 5.11 Å². The second-order valence-corrected chi connectivity index (χ2v) is 6.71. The molecule has 0 aromatic carbocycles. The molecule has 0 amide bonds. The number of aliphatic hydroxyl groups excluding tert-OH is 1. The summed E-state index contributed by atoms with van der Waals surface area (Å²) in [6, 6.07) is 0.643. The summed E-state index contributed by atoms with van der Waals surface area (Å²) in [7, 11) is 2.13. The minimum Gasteiger partial charge on any atom is -0.394 e. The van der Waals surface area contributed by atoms with Crippen LogP contribution in [0.1, 0.15) is 39.0 Å². The van der Waals surface area contributed by atoms with Gasteiger partial charge in [0.25, 0.3) is 0 Å². The number of ether oxygens (including phenoxy) is 1. The maximum atomic E-state index is 9.55. The predicted octanol–water partition coefficient (Wildman–Crippen LogP) is 1.24. The molecule has 2 rings (SSSR count). The topological polar surface area (TPSA) is 44.7 Å². The smallest absolute Gasteiger partial charge is 0.0611 e. The van der Waals surface area contributed by atoms with Gasteiger partial charge in [-0.05, 0) is 58.5 Å². The number of nitrogens with zero attached hydrogens (tertiary/aromatic N) is 1. The van der Waals surface area contributed by atoms with Crippen LogP contribution < -0.4 is 5.32 Å². The van der Waals surface area contributed by atoms with E-state index in [-0.39, 0.29) is 12.1 Å². The quantitative estimate of drug-likeness (QED) is 0.555. The lowest BCUT2D eigenvalue weighted by Gasteiger charge is -2.31. The van der Waals surface area contributed by atoms with Crippen LogP contribution in [0.15, 0.2) is 0 Å². The first-order valence-corrected chi connectivity index (χ1v) is 7.76. The average Bonchev–Trinajstić information content (AvgIpc) is 3.27. The van der Waals surface area contributed by atoms with E-state index in [0.29, 0.717) is 6.04 Å². The first kappa shape index (κ1) is 15.2. The number of hydrogen-bond acceptors (Lipinski definition) is 4. The molecule has 1 unspecified atom stereocenters. The standard InChI is InChI=1S/C15H30N2O2/c1-15(12-18,16-14-5-6-14)7-8-17(2)9-10-19-11-13-3-4-13/h13-14,16,18H,3-12H2,1-2H3. The summed E-state index contributed by atoms with van der Waals surface area (Å²) in [5.41, 5.74) is -0.121. The molecule has 2 aliphatic rings. The Labute approximate surface area is 117 Å². The molecule has 0 saturated heterocycles. The van der Waals surface area contributed by atoms with Crippen LogP contribution in [0.4, 0.5) is 0 Å². The zero-order chi connectivity index (χ0) is 13.7. The molecule has 112 valence electrons. The Morgan fingerprint density at radius 2 is 2.00 bits per heavy atom. The zero-order valence-electron chi connectivity index (χ0n) is 12.5. The summed E-state index contributed by atoms with van der Waals surface area (Å²) in [6.45, 7) is 6.11. The van der Waals surface area contributed by atoms with Crippen LogP contribution in [0.3, 0.4) is 0 Å². The number of likely N-dealkylation sites (N-methyl/N-ethyl adjacent to an activating group) is 1. The van der Waals surface area contributed by atoms with Gasteiger partial charge >= 0.3 is 0 Å². The van der Waals surface area contributed by atoms with Gasteiger partial charge < -0.3 is 20.1 Å². The van der Waals surface area contributed by atoms with Crippen molar-refractivity contribution in [1.29, 1.82) is 0 Å². The van der Waals surface area contributed by atoms with Crippen molar-refractivity contribution in [2.45, 2.75) is 50.6 Å². The van der Waals surface area contributed by atoms with Crippen molar-refractivity contribution in [1.82, 2.24) is 10.2 Å². The minimum absolute atomic E-state index is 0.121. The molecule has 2 fully saturated rings. The van der Waals surface area contributed by atoms with Gasteiger partial charge in [-0.15, -0.1) is 0 Å². The number of nitrogens with one attached hydrogen (secondary N) is 1. The van der Waals surface area contributed by atoms with Gasteiger partial charge in [-0.3, -0.25) is 0 Å². The zero-order valence-corrected chi connectivity index (χ0v) is 12.5. The van der Waals surface area contributed by atoms with Crippen molar-refractivity contribution < 1.29 is 9.84 Å². The Bertz CT molecular complexity index is 267. The van der Waals surface area contributed by atoms with Crippen LogP contribution in [0.2, 0.25) is 0 Å². The first-order valence-electron chi connectivity index (χ1n) is 7.76. The van der Waals surface area contributed by atoms with Crippen LogP contribution >= 0.6 is 0 Å². The van der Waals surface area contributed by atoms with Crippen molar-refractivity contribution in [2.75, 3.05) is 40.0 Å². The Hall–Kier alpha value is -0.160. The van der Waals surface area contributed by atoms with Gasteiger partial charge in [-0.25, -0.2) is 0 Å². The highest BCUT2D eigenvalue weighted by atomic mass is 16.5. The van der Waals surface area contributed by atoms with E-state index in [1.807, 2.05) is 0 Å². The highest BCUT2D eigenvalue weighted by molar-refractivity contribution is 4.92. The lowest BCUT2D eigenvalue weighted by Crippen LogP contribution is -2.49. The largest absolute Gasteiger partial charge is 0.394 e. The second-order valence-electron chi connectivity index (χ2n) is 6.71. The first-order chi connectivity index (χ1) is 9.11. The summed E-state index contributed by atoms with van der Waals surface area (Å²) in [5, 5.41) is 13.1. The molecule has 0 aromatic heterocycles. The molecule has 2 aliphatic carbocycles. The lowest BCUT2D eigenvalue weighted by atomic mass is 9.98. The summed E-state index contributed by atoms with van der Waals surface area (Å²) < 4.78 is 5.65. The van der Waals surface area contributed by atoms with E-state index in [1.54, 1.807) is 0 Å². The third kappa shape index (κ3) is 6.21. The fraction of sp³-hybridized carbons (Fsp3) is 1.00. The van der Waals surface area contributed by atoms with Crippen molar-refractivity contribution in [3.63, 3.8) is 0 Å². The number of rotatable bonds is 11. The van der Waals surface area contributed by atoms with Crippen LogP contribution in [-0.2, 0) is 4.74 Å². The van der Waals surface area contributed by atoms with Crippen molar-refractivity contribution in [3.05, 3.63) is 0 Å². The van der Waals surface area contributed by atoms with Crippen molar-refractivity contribution in [2.24, 2.45) is 5.92 Å². The summed E-state index contributed by atoms with van der Waals surface area (Å²) in [4.78, 5) is 2.30. The Morgan fingerprint density at radius 3 is 2.58 bits per heavy atom. The van der Waals surface area contributed by atoms with Crippen LogP contribution in [0.5, 0.6) is 0 Å². The highest BCUT2D eigenvalue weighted by Crippen LogP contribution is 2.28. The molecule has 4 heteroatoms. The molecule has 0 spiro atoms. The Balaban J connectivity index is 1.53. The Morgan fingerprint density at radius 1 is 1.26 bits per heavy atom. The number of hydrogen-bond donors (Lipinski definition) is 2. The summed E-state index contributed by atoms with van der Waals surface area (Å²) in [6.07, 6.45) is 6.23. The highest BCUT2D eigenvalue weighted by Gasteiger charge is 2.31. The molecule has 0 bridgehead atoms. The molecule has 2 saturated carbocycles. The van der Waals surface area contributed by atoms with Gasteiger partial charge in [0.05, 0.1) is 13.2 Å². The van der Waals surface area contributed by atoms with Gasteiger partial charge in [0.1, 0.15) is 0 Å². The average molecular weight is 270 g/mol. The molecule has 0 aliphatic heterocycles. The maximum absolute atomic E-state index is 9.55. The monoisotopic (exact) mass is 270 g/mol. The van der Waals surface area contributed by atoms with Gasteiger partial charge in [-0.2, -0.15) is 0 Å². The fourth-order valence-corrected chi connectivity index (χ4v) is 2.22. The van der Waals surface area contributed by atoms with E-state index < -0.39 is 0 Å². The van der Waals surface area contributed by atoms with Gasteiger partial charge in [0, 0.05) is 24.7 Å². The third-order valence-corrected chi connectivity index (χ3v) is 4.19. The normalized spacial score (nSPS) is 22.7. The molecular formula is C15H30N2O2. The SMILES string of the molecule is CN(CCOCC1CC1)CCC(C)(CO)NC1CC1. The van der Waals surface area contributed by atoms with Crippen LogP contribution in [-0.4, -0.2) is 61.5 Å². The van der Waals surface area contributed by atoms with E-state index in [2.05, 4.69) is 24.2 Å². The molecule has 2 N–H and O–H groups in total. The molecule has 19 heavy (non-hydrogen) atoms. The van der Waals surface area contributed by atoms with E-state index in [4.69, 9.17) is 4.74 Å². The summed E-state index contributed by atoms with van der Waals surface area (Å²) >= 11 is 0. The molecular weight excluding hydrogens is 240 g/mol. The Kier molecular flexibility index (Phi) is 5.63. The van der Waals surface area contributed by atoms with E-state index >= 15 is 0 Å². The summed E-state index contributed by atoms with van der Waals surface area (Å²) in [5.74, 6) is 0.853. The van der Waals surface area contributed by atoms with E-state index in [1.165, 1.54) is 25.7 Å². The maximum Gasteiger partial charge on any atom is 0.0611 e. The predicted molar refractivity (Wildman–Crippen MR) is 77.3 cm³/mol. The molecule has 0 heterocycles. The van der Waals surface area contributed by atoms with Gasteiger partial charge in [-0.1, -0.05) is 0 Å². The van der Waals surface area contributed by atoms with Gasteiger partial charge in [0.15, 0.2) is 0 Å². The third-order valence-electron chi connectivity index (χ3n) is 4.19. The lowest BCUT2D eigenvalue weighted by molar-refractivity contribution is 0.0960. The van der Waals surface area contributed by atoms with Crippen LogP contribution in [0.25, 0.3) is 0 Å². The van der Waals surface area contributed by atoms with E-state index in [0.717, 1.165) is 38.6 Å². The molecule has 4 nitrogen and oxygen atoms in total. The molecule has 1 atom stereocenters. The molecule has 0 radical (unpaired) electrons. The minimum atomic E-state index is -0.121. The van der Waals surface area contributed by atoms with Crippen LogP contribution in [0, 0.1) is 5.92 Å². The van der Waals surface area contributed by atoms with Crippen molar-refractivity contribution in [3.8, 4) is 0 Å². The number of aliphatic hydroxyl groups is 1. The van der Waals surface area contributed by atoms with Crippen molar-refractivity contribution >= 4 is 0 Å². The fourth-order valence-electron chi connectivity index (χ4n) is 2.22. The van der Waals surface area contributed by atoms with Gasteiger partial charge in [0.2, 0.25) is 0 Å². The molecule has 0 aromatic rings.